The zero-order valence-corrected chi connectivity index (χ0v) is 8.29. The van der Waals surface area contributed by atoms with Gasteiger partial charge in [0.2, 0.25) is 0 Å². The summed E-state index contributed by atoms with van der Waals surface area (Å²) >= 11 is 0. The molecule has 2 aromatic rings. The van der Waals surface area contributed by atoms with Gasteiger partial charge < -0.3 is 0 Å². The molecule has 1 heterocycles. The molecule has 74 valence electrons. The molecular weight excluding hydrogens is 191 g/mol. The van der Waals surface area contributed by atoms with Gasteiger partial charge in [0.1, 0.15) is 11.3 Å². The number of pyridine rings is 1. The van der Waals surface area contributed by atoms with Crippen molar-refractivity contribution in [1.29, 1.82) is 5.26 Å². The van der Waals surface area contributed by atoms with E-state index in [-0.39, 0.29) is 12.2 Å². The monoisotopic (exact) mass is 200 g/mol. The molecule has 0 aliphatic carbocycles. The minimum absolute atomic E-state index is 0.213. The van der Waals surface area contributed by atoms with Gasteiger partial charge in [-0.25, -0.2) is 9.37 Å². The Morgan fingerprint density at radius 2 is 2.27 bits per heavy atom. The molecule has 0 radical (unpaired) electrons. The molecule has 2 rings (SSSR count). The molecule has 3 heteroatoms. The Labute approximate surface area is 87.0 Å². The molecule has 0 aliphatic rings. The number of halogens is 1. The summed E-state index contributed by atoms with van der Waals surface area (Å²) in [5.41, 5.74) is 1.92. The van der Waals surface area contributed by atoms with Crippen molar-refractivity contribution in [1.82, 2.24) is 4.98 Å². The van der Waals surface area contributed by atoms with Crippen molar-refractivity contribution in [3.8, 4) is 6.07 Å². The maximum Gasteiger partial charge on any atom is 0.149 e. The van der Waals surface area contributed by atoms with Crippen LogP contribution in [0.5, 0.6) is 0 Å². The van der Waals surface area contributed by atoms with Crippen LogP contribution in [0.15, 0.2) is 24.3 Å². The number of fused-ring (bicyclic) bond motifs is 1. The minimum Gasteiger partial charge on any atom is -0.249 e. The zero-order chi connectivity index (χ0) is 10.8. The molecule has 2 nitrogen and oxygen atoms in total. The number of nitriles is 1. The van der Waals surface area contributed by atoms with Crippen LogP contribution in [0.25, 0.3) is 10.9 Å². The Morgan fingerprint density at radius 3 is 3.00 bits per heavy atom. The van der Waals surface area contributed by atoms with Crippen LogP contribution in [0.3, 0.4) is 0 Å². The summed E-state index contributed by atoms with van der Waals surface area (Å²) in [6.45, 7) is 1.89. The highest BCUT2D eigenvalue weighted by molar-refractivity contribution is 5.82. The quantitative estimate of drug-likeness (QED) is 0.709. The van der Waals surface area contributed by atoms with Crippen LogP contribution >= 0.6 is 0 Å². The van der Waals surface area contributed by atoms with Crippen molar-refractivity contribution in [2.75, 3.05) is 0 Å². The number of hydrogen-bond acceptors (Lipinski definition) is 2. The highest BCUT2D eigenvalue weighted by Crippen LogP contribution is 2.20. The van der Waals surface area contributed by atoms with E-state index in [4.69, 9.17) is 5.26 Å². The van der Waals surface area contributed by atoms with Gasteiger partial charge >= 0.3 is 0 Å². The second-order valence-corrected chi connectivity index (χ2v) is 3.40. The topological polar surface area (TPSA) is 36.7 Å². The molecule has 0 amide bonds. The van der Waals surface area contributed by atoms with E-state index in [9.17, 15) is 4.39 Å². The number of aryl methyl sites for hydroxylation is 1. The van der Waals surface area contributed by atoms with Crippen LogP contribution in [0.2, 0.25) is 0 Å². The number of nitrogens with zero attached hydrogens (tertiary/aromatic N) is 2. The van der Waals surface area contributed by atoms with Gasteiger partial charge in [0.15, 0.2) is 0 Å². The fourth-order valence-electron chi connectivity index (χ4n) is 1.62. The van der Waals surface area contributed by atoms with Gasteiger partial charge in [-0.1, -0.05) is 12.1 Å². The second-order valence-electron chi connectivity index (χ2n) is 3.40. The molecule has 0 saturated carbocycles. The lowest BCUT2D eigenvalue weighted by Crippen LogP contribution is -1.93. The maximum absolute atomic E-state index is 13.4. The Bertz CT molecular complexity index is 555. The van der Waals surface area contributed by atoms with E-state index < -0.39 is 0 Å². The van der Waals surface area contributed by atoms with Crippen LogP contribution in [0.1, 0.15) is 11.3 Å². The first-order valence-corrected chi connectivity index (χ1v) is 4.64. The molecule has 1 aromatic carbocycles. The summed E-state index contributed by atoms with van der Waals surface area (Å²) in [5.74, 6) is -0.338. The van der Waals surface area contributed by atoms with E-state index >= 15 is 0 Å². The van der Waals surface area contributed by atoms with Gasteiger partial charge in [-0.2, -0.15) is 5.26 Å². The van der Waals surface area contributed by atoms with Crippen molar-refractivity contribution in [2.45, 2.75) is 13.3 Å². The summed E-state index contributed by atoms with van der Waals surface area (Å²) in [6, 6.07) is 8.71. The first kappa shape index (κ1) is 9.60. The van der Waals surface area contributed by atoms with E-state index in [1.165, 1.54) is 6.07 Å². The fourth-order valence-corrected chi connectivity index (χ4v) is 1.62. The molecule has 0 N–H and O–H groups in total. The van der Waals surface area contributed by atoms with Crippen molar-refractivity contribution < 1.29 is 4.39 Å². The first-order chi connectivity index (χ1) is 7.22. The summed E-state index contributed by atoms with van der Waals surface area (Å²) in [7, 11) is 0. The first-order valence-electron chi connectivity index (χ1n) is 4.64. The van der Waals surface area contributed by atoms with Gasteiger partial charge in [-0.3, -0.25) is 0 Å². The Morgan fingerprint density at radius 1 is 1.47 bits per heavy atom. The highest BCUT2D eigenvalue weighted by Gasteiger charge is 2.06. The van der Waals surface area contributed by atoms with E-state index in [0.29, 0.717) is 11.2 Å². The Hall–Kier alpha value is -1.95. The van der Waals surface area contributed by atoms with Crippen LogP contribution in [0.4, 0.5) is 4.39 Å². The van der Waals surface area contributed by atoms with Crippen LogP contribution < -0.4 is 0 Å². The summed E-state index contributed by atoms with van der Waals surface area (Å²) in [6.07, 6.45) is 0.213. The van der Waals surface area contributed by atoms with E-state index in [1.54, 1.807) is 6.07 Å². The number of aromatic nitrogens is 1. The molecule has 0 atom stereocenters. The standard InChI is InChI=1S/C12H9FN2/c1-8-7-9(5-6-14)15-12-10(8)3-2-4-11(12)13/h2-4,7H,5H2,1H3. The molecular formula is C12H9FN2. The largest absolute Gasteiger partial charge is 0.249 e. The minimum atomic E-state index is -0.338. The number of rotatable bonds is 1. The molecule has 1 aromatic heterocycles. The third-order valence-corrected chi connectivity index (χ3v) is 2.31. The van der Waals surface area contributed by atoms with Crippen molar-refractivity contribution in [3.05, 3.63) is 41.3 Å². The van der Waals surface area contributed by atoms with Gasteiger partial charge in [-0.05, 0) is 24.6 Å². The molecule has 0 bridgehead atoms. The lowest BCUT2D eigenvalue weighted by Gasteiger charge is -2.04. The van der Waals surface area contributed by atoms with Gasteiger partial charge in [-0.15, -0.1) is 0 Å². The van der Waals surface area contributed by atoms with E-state index in [0.717, 1.165) is 10.9 Å². The predicted molar refractivity (Wildman–Crippen MR) is 55.8 cm³/mol. The number of benzene rings is 1. The van der Waals surface area contributed by atoms with Gasteiger partial charge in [0, 0.05) is 5.39 Å². The number of hydrogen-bond donors (Lipinski definition) is 0. The van der Waals surface area contributed by atoms with Crippen LogP contribution in [-0.2, 0) is 6.42 Å². The van der Waals surface area contributed by atoms with Crippen molar-refractivity contribution in [3.63, 3.8) is 0 Å². The normalized spacial score (nSPS) is 10.2. The molecule has 15 heavy (non-hydrogen) atoms. The van der Waals surface area contributed by atoms with Crippen LogP contribution in [-0.4, -0.2) is 4.98 Å². The Balaban J connectivity index is 2.75. The van der Waals surface area contributed by atoms with Crippen molar-refractivity contribution >= 4 is 10.9 Å². The summed E-state index contributed by atoms with van der Waals surface area (Å²) < 4.78 is 13.4. The predicted octanol–water partition coefficient (Wildman–Crippen LogP) is 2.75. The molecule has 0 saturated heterocycles. The fraction of sp³-hybridized carbons (Fsp3) is 0.167. The average molecular weight is 200 g/mol. The molecule has 0 unspecified atom stereocenters. The zero-order valence-electron chi connectivity index (χ0n) is 8.29. The van der Waals surface area contributed by atoms with Gasteiger partial charge in [0.05, 0.1) is 18.2 Å². The highest BCUT2D eigenvalue weighted by atomic mass is 19.1. The molecule has 0 aliphatic heterocycles. The van der Waals surface area contributed by atoms with Crippen molar-refractivity contribution in [2.24, 2.45) is 0 Å². The lowest BCUT2D eigenvalue weighted by molar-refractivity contribution is 0.636. The molecule has 0 fully saturated rings. The van der Waals surface area contributed by atoms with E-state index in [2.05, 4.69) is 4.98 Å². The molecule has 0 spiro atoms. The Kier molecular flexibility index (Phi) is 2.34. The van der Waals surface area contributed by atoms with E-state index in [1.807, 2.05) is 25.1 Å². The smallest absolute Gasteiger partial charge is 0.149 e. The van der Waals surface area contributed by atoms with Gasteiger partial charge in [0.25, 0.3) is 0 Å². The third kappa shape index (κ3) is 1.66. The summed E-state index contributed by atoms with van der Waals surface area (Å²) in [5, 5.41) is 9.37. The summed E-state index contributed by atoms with van der Waals surface area (Å²) in [4.78, 5) is 4.13. The lowest BCUT2D eigenvalue weighted by atomic mass is 10.1. The SMILES string of the molecule is Cc1cc(CC#N)nc2c(F)cccc12. The second kappa shape index (κ2) is 3.66. The maximum atomic E-state index is 13.4. The number of para-hydroxylation sites is 1. The van der Waals surface area contributed by atoms with Crippen LogP contribution in [0, 0.1) is 24.1 Å². The third-order valence-electron chi connectivity index (χ3n) is 2.31. The average Bonchev–Trinajstić information content (AvgIpc) is 2.20.